The Bertz CT molecular complexity index is 392. The number of anilines is 1. The highest BCUT2D eigenvalue weighted by atomic mass is 127. The van der Waals surface area contributed by atoms with Gasteiger partial charge >= 0.3 is 0 Å². The van der Waals surface area contributed by atoms with E-state index in [9.17, 15) is 0 Å². The topological polar surface area (TPSA) is 59.6 Å². The molecular weight excluding hydrogens is 305 g/mol. The molecular formula is C10H12IN3O. The number of nitrogens with one attached hydrogen (secondary N) is 1. The molecule has 0 saturated heterocycles. The first-order chi connectivity index (χ1) is 7.25. The van der Waals surface area contributed by atoms with E-state index in [4.69, 9.17) is 10.5 Å². The number of halogens is 1. The lowest BCUT2D eigenvalue weighted by Crippen LogP contribution is -2.24. The van der Waals surface area contributed by atoms with Crippen LogP contribution in [0.1, 0.15) is 0 Å². The van der Waals surface area contributed by atoms with Gasteiger partial charge in [-0.25, -0.2) is 0 Å². The van der Waals surface area contributed by atoms with Gasteiger partial charge in [-0.2, -0.15) is 0 Å². The molecule has 3 N–H and O–H groups in total. The van der Waals surface area contributed by atoms with Gasteiger partial charge in [0.15, 0.2) is 0 Å². The number of ether oxygens (including phenoxy) is 1. The summed E-state index contributed by atoms with van der Waals surface area (Å²) in [6, 6.07) is 5.68. The molecule has 0 fully saturated rings. The maximum absolute atomic E-state index is 5.77. The summed E-state index contributed by atoms with van der Waals surface area (Å²) < 4.78 is 6.59. The lowest BCUT2D eigenvalue weighted by atomic mass is 10.3. The molecule has 80 valence electrons. The van der Waals surface area contributed by atoms with E-state index in [1.54, 1.807) is 0 Å². The van der Waals surface area contributed by atoms with Crippen LogP contribution in [0.5, 0.6) is 5.75 Å². The molecule has 1 aromatic rings. The molecule has 0 bridgehead atoms. The lowest BCUT2D eigenvalue weighted by molar-refractivity contribution is 0.374. The van der Waals surface area contributed by atoms with E-state index >= 15 is 0 Å². The van der Waals surface area contributed by atoms with Gasteiger partial charge in [0, 0.05) is 21.9 Å². The van der Waals surface area contributed by atoms with Crippen LogP contribution in [0.25, 0.3) is 0 Å². The number of nitrogens with two attached hydrogens (primary N) is 1. The third-order valence-electron chi connectivity index (χ3n) is 2.09. The Hall–Kier alpha value is -0.980. The average molecular weight is 317 g/mol. The maximum atomic E-state index is 5.77. The third-order valence-corrected chi connectivity index (χ3v) is 3.07. The fourth-order valence-electron chi connectivity index (χ4n) is 1.31. The molecule has 0 saturated carbocycles. The molecule has 15 heavy (non-hydrogen) atoms. The predicted octanol–water partition coefficient (Wildman–Crippen LogP) is 1.25. The second-order valence-electron chi connectivity index (χ2n) is 3.23. The highest BCUT2D eigenvalue weighted by Crippen LogP contribution is 2.21. The number of hydrogen-bond acceptors (Lipinski definition) is 4. The average Bonchev–Trinajstić information content (AvgIpc) is 2.73. The number of benzene rings is 1. The Morgan fingerprint density at radius 1 is 1.53 bits per heavy atom. The molecule has 0 unspecified atom stereocenters. The van der Waals surface area contributed by atoms with E-state index in [0.717, 1.165) is 33.9 Å². The lowest BCUT2D eigenvalue weighted by Gasteiger charge is -2.07. The zero-order chi connectivity index (χ0) is 10.7. The van der Waals surface area contributed by atoms with Crippen molar-refractivity contribution in [3.8, 4) is 5.75 Å². The summed E-state index contributed by atoms with van der Waals surface area (Å²) in [5.74, 6) is 1.69. The van der Waals surface area contributed by atoms with Crippen molar-refractivity contribution >= 4 is 34.1 Å². The van der Waals surface area contributed by atoms with Crippen LogP contribution in [0.4, 0.5) is 5.69 Å². The fourth-order valence-corrected chi connectivity index (χ4v) is 1.64. The van der Waals surface area contributed by atoms with E-state index in [-0.39, 0.29) is 0 Å². The largest absolute Gasteiger partial charge is 0.486 e. The second-order valence-corrected chi connectivity index (χ2v) is 4.39. The van der Waals surface area contributed by atoms with E-state index in [1.165, 1.54) is 0 Å². The van der Waals surface area contributed by atoms with E-state index in [0.29, 0.717) is 6.61 Å². The first-order valence-corrected chi connectivity index (χ1v) is 5.78. The van der Waals surface area contributed by atoms with Gasteiger partial charge in [0.05, 0.1) is 6.54 Å². The molecule has 0 aromatic heterocycles. The molecule has 1 aliphatic heterocycles. The molecule has 2 rings (SSSR count). The molecule has 1 aromatic carbocycles. The molecule has 0 amide bonds. The molecule has 0 atom stereocenters. The van der Waals surface area contributed by atoms with Crippen LogP contribution in [0.2, 0.25) is 0 Å². The van der Waals surface area contributed by atoms with Crippen LogP contribution in [0.15, 0.2) is 23.2 Å². The first kappa shape index (κ1) is 10.5. The standard InChI is InChI=1S/C10H12IN3O/c11-8-2-1-7(5-9(8)12)15-6-10-13-3-4-14-10/h1-2,5H,3-4,6,12H2,(H,13,14). The monoisotopic (exact) mass is 317 g/mol. The zero-order valence-electron chi connectivity index (χ0n) is 8.16. The SMILES string of the molecule is Nc1cc(OCC2=NCCN2)ccc1I. The van der Waals surface area contributed by atoms with Crippen LogP contribution in [-0.4, -0.2) is 25.5 Å². The maximum Gasteiger partial charge on any atom is 0.145 e. The van der Waals surface area contributed by atoms with Gasteiger partial charge in [-0.05, 0) is 34.7 Å². The molecule has 1 aliphatic rings. The van der Waals surface area contributed by atoms with Crippen molar-refractivity contribution in [2.24, 2.45) is 4.99 Å². The van der Waals surface area contributed by atoms with E-state index < -0.39 is 0 Å². The number of hydrogen-bond donors (Lipinski definition) is 2. The normalized spacial score (nSPS) is 14.6. The highest BCUT2D eigenvalue weighted by molar-refractivity contribution is 14.1. The third kappa shape index (κ3) is 2.74. The Labute approximate surface area is 102 Å². The van der Waals surface area contributed by atoms with Gasteiger partial charge in [-0.1, -0.05) is 0 Å². The van der Waals surface area contributed by atoms with Crippen LogP contribution >= 0.6 is 22.6 Å². The van der Waals surface area contributed by atoms with Crippen molar-refractivity contribution in [2.45, 2.75) is 0 Å². The smallest absolute Gasteiger partial charge is 0.145 e. The fraction of sp³-hybridized carbons (Fsp3) is 0.300. The van der Waals surface area contributed by atoms with Crippen molar-refractivity contribution in [3.05, 3.63) is 21.8 Å². The minimum absolute atomic E-state index is 0.486. The zero-order valence-corrected chi connectivity index (χ0v) is 10.3. The minimum Gasteiger partial charge on any atom is -0.486 e. The van der Waals surface area contributed by atoms with Gasteiger partial charge in [0.25, 0.3) is 0 Å². The number of amidine groups is 1. The van der Waals surface area contributed by atoms with Crippen molar-refractivity contribution in [1.29, 1.82) is 0 Å². The highest BCUT2D eigenvalue weighted by Gasteiger charge is 2.05. The Balaban J connectivity index is 1.96. The Morgan fingerprint density at radius 3 is 3.07 bits per heavy atom. The van der Waals surface area contributed by atoms with Crippen LogP contribution in [0, 0.1) is 3.57 Å². The van der Waals surface area contributed by atoms with Crippen molar-refractivity contribution in [1.82, 2.24) is 5.32 Å². The van der Waals surface area contributed by atoms with Gasteiger partial charge in [-0.3, -0.25) is 4.99 Å². The van der Waals surface area contributed by atoms with E-state index in [1.807, 2.05) is 18.2 Å². The second kappa shape index (κ2) is 4.69. The molecule has 1 heterocycles. The van der Waals surface area contributed by atoms with Crippen LogP contribution in [0.3, 0.4) is 0 Å². The van der Waals surface area contributed by atoms with Crippen LogP contribution in [-0.2, 0) is 0 Å². The van der Waals surface area contributed by atoms with Gasteiger partial charge in [0.2, 0.25) is 0 Å². The first-order valence-electron chi connectivity index (χ1n) is 4.71. The summed E-state index contributed by atoms with van der Waals surface area (Å²) in [6.45, 7) is 2.24. The van der Waals surface area contributed by atoms with Gasteiger partial charge < -0.3 is 15.8 Å². The predicted molar refractivity (Wildman–Crippen MR) is 69.4 cm³/mol. The number of nitrogen functional groups attached to an aromatic ring is 1. The quantitative estimate of drug-likeness (QED) is 0.652. The minimum atomic E-state index is 0.486. The van der Waals surface area contributed by atoms with Crippen molar-refractivity contribution in [2.75, 3.05) is 25.4 Å². The summed E-state index contributed by atoms with van der Waals surface area (Å²) in [5.41, 5.74) is 6.52. The Kier molecular flexibility index (Phi) is 3.30. The summed E-state index contributed by atoms with van der Waals surface area (Å²) in [6.07, 6.45) is 0. The summed E-state index contributed by atoms with van der Waals surface area (Å²) >= 11 is 2.19. The van der Waals surface area contributed by atoms with Crippen molar-refractivity contribution in [3.63, 3.8) is 0 Å². The molecule has 5 heteroatoms. The molecule has 0 spiro atoms. The van der Waals surface area contributed by atoms with Crippen molar-refractivity contribution < 1.29 is 4.74 Å². The number of nitrogens with zero attached hydrogens (tertiary/aromatic N) is 1. The molecule has 4 nitrogen and oxygen atoms in total. The molecule has 0 radical (unpaired) electrons. The number of rotatable bonds is 3. The van der Waals surface area contributed by atoms with Gasteiger partial charge in [-0.15, -0.1) is 0 Å². The van der Waals surface area contributed by atoms with Crippen LogP contribution < -0.4 is 15.8 Å². The van der Waals surface area contributed by atoms with E-state index in [2.05, 4.69) is 32.9 Å². The molecule has 0 aliphatic carbocycles. The van der Waals surface area contributed by atoms with Gasteiger partial charge in [0.1, 0.15) is 18.2 Å². The summed E-state index contributed by atoms with van der Waals surface area (Å²) in [7, 11) is 0. The summed E-state index contributed by atoms with van der Waals surface area (Å²) in [5, 5.41) is 3.15. The summed E-state index contributed by atoms with van der Waals surface area (Å²) in [4.78, 5) is 4.24. The Morgan fingerprint density at radius 2 is 2.40 bits per heavy atom. The number of aliphatic imine (C=N–C) groups is 1.